The number of nitrogens with zero attached hydrogens (tertiary/aromatic N) is 2. The van der Waals surface area contributed by atoms with Crippen molar-refractivity contribution >= 4 is 11.8 Å². The first-order chi connectivity index (χ1) is 13.0. The maximum Gasteiger partial charge on any atom is 0.263 e. The van der Waals surface area contributed by atoms with E-state index in [0.29, 0.717) is 19.5 Å². The minimum absolute atomic E-state index is 0.0209. The highest BCUT2D eigenvalue weighted by atomic mass is 16.5. The standard InChI is InChI=1S/C20H26N4O3/c1-15(16-6-8-18(27-2)9-7-16)23-20(26)17(13-21)14-22-10-4-12-24-11-3-5-19(24)25/h6-9,14-15,22H,3-5,10-12H2,1-2H3,(H,23,26)/b17-14-. The van der Waals surface area contributed by atoms with Crippen molar-refractivity contribution in [3.05, 3.63) is 41.6 Å². The smallest absolute Gasteiger partial charge is 0.263 e. The molecule has 1 aromatic rings. The first kappa shape index (κ1) is 20.3. The Balaban J connectivity index is 1.78. The van der Waals surface area contributed by atoms with Crippen LogP contribution in [0, 0.1) is 11.3 Å². The van der Waals surface area contributed by atoms with Crippen molar-refractivity contribution in [2.24, 2.45) is 0 Å². The molecule has 0 saturated carbocycles. The van der Waals surface area contributed by atoms with Gasteiger partial charge >= 0.3 is 0 Å². The zero-order valence-electron chi connectivity index (χ0n) is 15.8. The Kier molecular flexibility index (Phi) is 7.68. The molecule has 0 aromatic heterocycles. The lowest BCUT2D eigenvalue weighted by molar-refractivity contribution is -0.127. The molecule has 7 nitrogen and oxygen atoms in total. The first-order valence-corrected chi connectivity index (χ1v) is 9.11. The van der Waals surface area contributed by atoms with Crippen LogP contribution in [-0.4, -0.2) is 43.5 Å². The molecule has 0 bridgehead atoms. The minimum Gasteiger partial charge on any atom is -0.497 e. The van der Waals surface area contributed by atoms with Gasteiger partial charge in [0, 0.05) is 32.3 Å². The average Bonchev–Trinajstić information content (AvgIpc) is 3.09. The fourth-order valence-electron chi connectivity index (χ4n) is 2.89. The van der Waals surface area contributed by atoms with Crippen LogP contribution < -0.4 is 15.4 Å². The van der Waals surface area contributed by atoms with Crippen LogP contribution >= 0.6 is 0 Å². The summed E-state index contributed by atoms with van der Waals surface area (Å²) in [6.07, 6.45) is 3.77. The van der Waals surface area contributed by atoms with Crippen molar-refractivity contribution in [2.45, 2.75) is 32.2 Å². The Morgan fingerprint density at radius 2 is 2.15 bits per heavy atom. The Labute approximate surface area is 160 Å². The number of hydrogen-bond acceptors (Lipinski definition) is 5. The van der Waals surface area contributed by atoms with Crippen molar-refractivity contribution in [3.63, 3.8) is 0 Å². The van der Waals surface area contributed by atoms with Gasteiger partial charge in [0.15, 0.2) is 0 Å². The Bertz CT molecular complexity index is 722. The largest absolute Gasteiger partial charge is 0.497 e. The zero-order chi connectivity index (χ0) is 19.6. The highest BCUT2D eigenvalue weighted by Gasteiger charge is 2.19. The van der Waals surface area contributed by atoms with Gasteiger partial charge in [-0.15, -0.1) is 0 Å². The number of nitrogens with one attached hydrogen (secondary N) is 2. The number of amides is 2. The summed E-state index contributed by atoms with van der Waals surface area (Å²) >= 11 is 0. The van der Waals surface area contributed by atoms with Crippen molar-refractivity contribution in [1.82, 2.24) is 15.5 Å². The molecule has 0 spiro atoms. The van der Waals surface area contributed by atoms with E-state index in [1.54, 1.807) is 7.11 Å². The monoisotopic (exact) mass is 370 g/mol. The Hall–Kier alpha value is -3.01. The molecule has 7 heteroatoms. The molecule has 2 N–H and O–H groups in total. The molecule has 2 rings (SSSR count). The van der Waals surface area contributed by atoms with Gasteiger partial charge in [0.1, 0.15) is 17.4 Å². The van der Waals surface area contributed by atoms with Crippen LogP contribution in [-0.2, 0) is 9.59 Å². The maximum absolute atomic E-state index is 12.3. The summed E-state index contributed by atoms with van der Waals surface area (Å²) in [6.45, 7) is 3.97. The van der Waals surface area contributed by atoms with Crippen LogP contribution in [0.1, 0.15) is 37.8 Å². The molecule has 0 aliphatic carbocycles. The van der Waals surface area contributed by atoms with Gasteiger partial charge in [-0.1, -0.05) is 12.1 Å². The van der Waals surface area contributed by atoms with E-state index < -0.39 is 5.91 Å². The lowest BCUT2D eigenvalue weighted by Crippen LogP contribution is -2.29. The maximum atomic E-state index is 12.3. The molecule has 0 radical (unpaired) electrons. The Morgan fingerprint density at radius 1 is 1.41 bits per heavy atom. The number of nitriles is 1. The number of carbonyl (C=O) groups is 2. The summed E-state index contributed by atoms with van der Waals surface area (Å²) in [5.41, 5.74) is 0.942. The van der Waals surface area contributed by atoms with E-state index in [1.165, 1.54) is 6.20 Å². The van der Waals surface area contributed by atoms with Crippen LogP contribution in [0.4, 0.5) is 0 Å². The van der Waals surface area contributed by atoms with E-state index in [2.05, 4.69) is 10.6 Å². The molecule has 1 unspecified atom stereocenters. The van der Waals surface area contributed by atoms with Gasteiger partial charge in [-0.2, -0.15) is 5.26 Å². The topological polar surface area (TPSA) is 94.5 Å². The lowest BCUT2D eigenvalue weighted by atomic mass is 10.1. The van der Waals surface area contributed by atoms with Gasteiger partial charge in [0.2, 0.25) is 5.91 Å². The molecule has 27 heavy (non-hydrogen) atoms. The molecular weight excluding hydrogens is 344 g/mol. The second-order valence-electron chi connectivity index (χ2n) is 6.43. The molecule has 1 fully saturated rings. The van der Waals surface area contributed by atoms with Crippen LogP contribution in [0.25, 0.3) is 0 Å². The van der Waals surface area contributed by atoms with Crippen LogP contribution in [0.15, 0.2) is 36.0 Å². The number of benzene rings is 1. The quantitative estimate of drug-likeness (QED) is 0.393. The van der Waals surface area contributed by atoms with E-state index in [1.807, 2.05) is 42.2 Å². The number of rotatable bonds is 9. The summed E-state index contributed by atoms with van der Waals surface area (Å²) in [6, 6.07) is 9.08. The van der Waals surface area contributed by atoms with Crippen molar-refractivity contribution in [2.75, 3.05) is 26.7 Å². The summed E-state index contributed by atoms with van der Waals surface area (Å²) in [7, 11) is 1.60. The minimum atomic E-state index is -0.428. The van der Waals surface area contributed by atoms with Gasteiger partial charge in [-0.05, 0) is 37.5 Å². The van der Waals surface area contributed by atoms with Crippen LogP contribution in [0.2, 0.25) is 0 Å². The number of methoxy groups -OCH3 is 1. The summed E-state index contributed by atoms with van der Waals surface area (Å²) in [4.78, 5) is 25.7. The van der Waals surface area contributed by atoms with E-state index in [9.17, 15) is 14.9 Å². The van der Waals surface area contributed by atoms with Gasteiger partial charge < -0.3 is 20.3 Å². The SMILES string of the molecule is COc1ccc(C(C)NC(=O)/C(C#N)=C\NCCCN2CCCC2=O)cc1. The van der Waals surface area contributed by atoms with Crippen LogP contribution in [0.5, 0.6) is 5.75 Å². The number of ether oxygens (including phenoxy) is 1. The van der Waals surface area contributed by atoms with E-state index >= 15 is 0 Å². The highest BCUT2D eigenvalue weighted by Crippen LogP contribution is 2.17. The summed E-state index contributed by atoms with van der Waals surface area (Å²) in [5, 5.41) is 15.0. The lowest BCUT2D eigenvalue weighted by Gasteiger charge is -2.15. The second-order valence-corrected chi connectivity index (χ2v) is 6.43. The fourth-order valence-corrected chi connectivity index (χ4v) is 2.89. The van der Waals surface area contributed by atoms with Gasteiger partial charge in [-0.25, -0.2) is 0 Å². The first-order valence-electron chi connectivity index (χ1n) is 9.11. The number of carbonyl (C=O) groups excluding carboxylic acids is 2. The molecule has 1 heterocycles. The summed E-state index contributed by atoms with van der Waals surface area (Å²) < 4.78 is 5.12. The molecule has 144 valence electrons. The third-order valence-corrected chi connectivity index (χ3v) is 4.50. The second kappa shape index (κ2) is 10.2. The molecule has 1 aliphatic heterocycles. The highest BCUT2D eigenvalue weighted by molar-refractivity contribution is 5.97. The molecule has 1 saturated heterocycles. The molecule has 1 atom stereocenters. The molecule has 2 amide bonds. The van der Waals surface area contributed by atoms with Crippen molar-refractivity contribution in [3.8, 4) is 11.8 Å². The Morgan fingerprint density at radius 3 is 2.74 bits per heavy atom. The fraction of sp³-hybridized carbons (Fsp3) is 0.450. The average molecular weight is 370 g/mol. The molecule has 1 aliphatic rings. The molecular formula is C20H26N4O3. The predicted octanol–water partition coefficient (Wildman–Crippen LogP) is 1.88. The van der Waals surface area contributed by atoms with Gasteiger partial charge in [0.05, 0.1) is 13.2 Å². The van der Waals surface area contributed by atoms with Gasteiger partial charge in [0.25, 0.3) is 5.91 Å². The predicted molar refractivity (Wildman–Crippen MR) is 102 cm³/mol. The number of likely N-dealkylation sites (tertiary alicyclic amines) is 1. The molecule has 1 aromatic carbocycles. The van der Waals surface area contributed by atoms with Crippen molar-refractivity contribution < 1.29 is 14.3 Å². The number of hydrogen-bond donors (Lipinski definition) is 2. The summed E-state index contributed by atoms with van der Waals surface area (Å²) in [5.74, 6) is 0.521. The van der Waals surface area contributed by atoms with Crippen LogP contribution in [0.3, 0.4) is 0 Å². The van der Waals surface area contributed by atoms with E-state index in [-0.39, 0.29) is 17.5 Å². The normalized spacial score (nSPS) is 15.2. The van der Waals surface area contributed by atoms with E-state index in [0.717, 1.165) is 30.7 Å². The van der Waals surface area contributed by atoms with Crippen molar-refractivity contribution in [1.29, 1.82) is 5.26 Å². The van der Waals surface area contributed by atoms with Gasteiger partial charge in [-0.3, -0.25) is 9.59 Å². The third-order valence-electron chi connectivity index (χ3n) is 4.50. The third kappa shape index (κ3) is 6.03. The van der Waals surface area contributed by atoms with E-state index in [4.69, 9.17) is 4.74 Å². The zero-order valence-corrected chi connectivity index (χ0v) is 15.8.